The van der Waals surface area contributed by atoms with Crippen molar-refractivity contribution in [2.45, 2.75) is 19.9 Å². The maximum Gasteiger partial charge on any atom is 0.259 e. The van der Waals surface area contributed by atoms with Gasteiger partial charge in [-0.1, -0.05) is 12.1 Å². The minimum absolute atomic E-state index is 0.202. The Morgan fingerprint density at radius 2 is 2.32 bits per heavy atom. The predicted molar refractivity (Wildman–Crippen MR) is 91.2 cm³/mol. The highest BCUT2D eigenvalue weighted by Crippen LogP contribution is 2.29. The van der Waals surface area contributed by atoms with Crippen molar-refractivity contribution < 1.29 is 9.32 Å². The fourth-order valence-corrected chi connectivity index (χ4v) is 3.12. The van der Waals surface area contributed by atoms with Gasteiger partial charge in [0.1, 0.15) is 0 Å². The van der Waals surface area contributed by atoms with Crippen LogP contribution in [0.1, 0.15) is 23.1 Å². The fourth-order valence-electron chi connectivity index (χ4n) is 3.12. The molecule has 9 heteroatoms. The molecule has 4 rings (SSSR count). The van der Waals surface area contributed by atoms with E-state index in [1.54, 1.807) is 17.6 Å². The Morgan fingerprint density at radius 1 is 1.48 bits per heavy atom. The number of aromatic nitrogens is 4. The first kappa shape index (κ1) is 15.6. The third-order valence-electron chi connectivity index (χ3n) is 4.52. The molecule has 4 heterocycles. The summed E-state index contributed by atoms with van der Waals surface area (Å²) in [4.78, 5) is 16.1. The van der Waals surface area contributed by atoms with Crippen molar-refractivity contribution in [3.8, 4) is 11.5 Å². The van der Waals surface area contributed by atoms with Crippen LogP contribution in [0.3, 0.4) is 0 Å². The van der Waals surface area contributed by atoms with Gasteiger partial charge >= 0.3 is 0 Å². The van der Waals surface area contributed by atoms with Gasteiger partial charge in [-0.05, 0) is 25.5 Å². The average molecular weight is 341 g/mol. The second-order valence-corrected chi connectivity index (χ2v) is 6.39. The summed E-state index contributed by atoms with van der Waals surface area (Å²) in [5, 5.41) is 14.9. The first-order valence-corrected chi connectivity index (χ1v) is 8.12. The molecule has 0 saturated carbocycles. The molecule has 0 unspecified atom stereocenters. The monoisotopic (exact) mass is 341 g/mol. The highest BCUT2D eigenvalue weighted by Gasteiger charge is 2.26. The lowest BCUT2D eigenvalue weighted by atomic mass is 10.1. The van der Waals surface area contributed by atoms with E-state index in [0.717, 1.165) is 24.2 Å². The molecule has 3 aromatic rings. The lowest BCUT2D eigenvalue weighted by molar-refractivity contribution is 0.100. The molecule has 130 valence electrons. The topological polar surface area (TPSA) is 123 Å². The zero-order valence-corrected chi connectivity index (χ0v) is 14.0. The van der Waals surface area contributed by atoms with Crippen LogP contribution in [0.2, 0.25) is 0 Å². The largest absolute Gasteiger partial charge is 0.378 e. The number of nitrogens with zero attached hydrogens (tertiary/aromatic N) is 4. The number of hydrogen-bond donors (Lipinski definition) is 3. The molecule has 1 aliphatic heterocycles. The van der Waals surface area contributed by atoms with Crippen LogP contribution in [0.5, 0.6) is 0 Å². The standard InChI is InChI=1S/C16H19N7O2/c1-8-4-18-6-12(8)21-14-11(15(17)24)5-19-23-7-10(3-13(14)23)16-20-9(2)22-25-16/h3,5,7-8,12,18,21H,4,6H2,1-2H3,(H2,17,24)/t8-,12-/m1/s1. The first-order chi connectivity index (χ1) is 12.0. The van der Waals surface area contributed by atoms with E-state index < -0.39 is 5.91 Å². The van der Waals surface area contributed by atoms with Crippen LogP contribution in [0.25, 0.3) is 17.0 Å². The summed E-state index contributed by atoms with van der Waals surface area (Å²) < 4.78 is 6.90. The maximum absolute atomic E-state index is 11.9. The summed E-state index contributed by atoms with van der Waals surface area (Å²) in [5.74, 6) is 0.875. The number of carbonyl (C=O) groups excluding carboxylic acids is 1. The first-order valence-electron chi connectivity index (χ1n) is 8.12. The number of hydrogen-bond acceptors (Lipinski definition) is 7. The second kappa shape index (κ2) is 5.85. The molecule has 1 amide bonds. The molecule has 0 spiro atoms. The number of nitrogens with one attached hydrogen (secondary N) is 2. The van der Waals surface area contributed by atoms with E-state index >= 15 is 0 Å². The molecule has 1 aliphatic rings. The molecular formula is C16H19N7O2. The van der Waals surface area contributed by atoms with E-state index in [1.165, 1.54) is 6.20 Å². The van der Waals surface area contributed by atoms with Crippen LogP contribution in [0.4, 0.5) is 5.69 Å². The molecule has 0 radical (unpaired) electrons. The normalized spacial score (nSPS) is 20.2. The summed E-state index contributed by atoms with van der Waals surface area (Å²) in [6, 6.07) is 2.06. The average Bonchev–Trinajstić information content (AvgIpc) is 3.27. The van der Waals surface area contributed by atoms with E-state index in [1.807, 2.05) is 6.07 Å². The highest BCUT2D eigenvalue weighted by molar-refractivity contribution is 6.02. The zero-order chi connectivity index (χ0) is 17.6. The second-order valence-electron chi connectivity index (χ2n) is 6.39. The Kier molecular flexibility index (Phi) is 3.65. The third kappa shape index (κ3) is 2.72. The fraction of sp³-hybridized carbons (Fsp3) is 0.375. The third-order valence-corrected chi connectivity index (χ3v) is 4.52. The molecule has 0 bridgehead atoms. The van der Waals surface area contributed by atoms with E-state index in [0.29, 0.717) is 28.9 Å². The molecule has 3 aromatic heterocycles. The molecule has 4 N–H and O–H groups in total. The Balaban J connectivity index is 1.83. The van der Waals surface area contributed by atoms with Gasteiger partial charge in [0.25, 0.3) is 11.8 Å². The van der Waals surface area contributed by atoms with E-state index in [-0.39, 0.29) is 6.04 Å². The van der Waals surface area contributed by atoms with Gasteiger partial charge in [-0.25, -0.2) is 4.52 Å². The van der Waals surface area contributed by atoms with Crippen LogP contribution in [0.15, 0.2) is 23.0 Å². The van der Waals surface area contributed by atoms with Gasteiger partial charge in [0.2, 0.25) is 0 Å². The van der Waals surface area contributed by atoms with E-state index in [2.05, 4.69) is 32.8 Å². The number of nitrogens with two attached hydrogens (primary N) is 1. The van der Waals surface area contributed by atoms with Gasteiger partial charge in [-0.15, -0.1) is 0 Å². The van der Waals surface area contributed by atoms with Crippen LogP contribution in [-0.2, 0) is 0 Å². The highest BCUT2D eigenvalue weighted by atomic mass is 16.5. The van der Waals surface area contributed by atoms with Crippen LogP contribution in [-0.4, -0.2) is 44.8 Å². The minimum atomic E-state index is -0.521. The SMILES string of the molecule is Cc1noc(-c2cc3c(N[C@@H]4CNC[C@H]4C)c(C(N)=O)cnn3c2)n1. The van der Waals surface area contributed by atoms with Crippen molar-refractivity contribution >= 4 is 17.1 Å². The number of aryl methyl sites for hydroxylation is 1. The number of carbonyl (C=O) groups is 1. The number of fused-ring (bicyclic) bond motifs is 1. The van der Waals surface area contributed by atoms with Crippen molar-refractivity contribution in [1.29, 1.82) is 0 Å². The maximum atomic E-state index is 11.9. The van der Waals surface area contributed by atoms with Gasteiger partial charge in [0.05, 0.1) is 28.5 Å². The van der Waals surface area contributed by atoms with Gasteiger partial charge in [0.15, 0.2) is 5.82 Å². The molecule has 2 atom stereocenters. The molecule has 1 saturated heterocycles. The van der Waals surface area contributed by atoms with Crippen molar-refractivity contribution in [2.75, 3.05) is 18.4 Å². The summed E-state index contributed by atoms with van der Waals surface area (Å²) in [7, 11) is 0. The summed E-state index contributed by atoms with van der Waals surface area (Å²) in [6.07, 6.45) is 3.27. The number of rotatable bonds is 4. The van der Waals surface area contributed by atoms with Crippen molar-refractivity contribution in [3.63, 3.8) is 0 Å². The molecular weight excluding hydrogens is 322 g/mol. The lowest BCUT2D eigenvalue weighted by Gasteiger charge is -2.20. The van der Waals surface area contributed by atoms with E-state index in [4.69, 9.17) is 10.3 Å². The van der Waals surface area contributed by atoms with Gasteiger partial charge in [-0.2, -0.15) is 10.1 Å². The Hall–Kier alpha value is -2.94. The summed E-state index contributed by atoms with van der Waals surface area (Å²) in [6.45, 7) is 5.67. The van der Waals surface area contributed by atoms with Crippen molar-refractivity contribution in [3.05, 3.63) is 29.8 Å². The van der Waals surface area contributed by atoms with Crippen LogP contribution < -0.4 is 16.4 Å². The molecule has 25 heavy (non-hydrogen) atoms. The Morgan fingerprint density at radius 3 is 2.96 bits per heavy atom. The van der Waals surface area contributed by atoms with Gasteiger partial charge in [-0.3, -0.25) is 4.79 Å². The molecule has 0 aromatic carbocycles. The Labute approximate surface area is 143 Å². The minimum Gasteiger partial charge on any atom is -0.378 e. The summed E-state index contributed by atoms with van der Waals surface area (Å²) >= 11 is 0. The van der Waals surface area contributed by atoms with Gasteiger partial charge < -0.3 is 20.9 Å². The number of anilines is 1. The van der Waals surface area contributed by atoms with Crippen LogP contribution in [0, 0.1) is 12.8 Å². The number of amides is 1. The molecule has 9 nitrogen and oxygen atoms in total. The smallest absolute Gasteiger partial charge is 0.259 e. The van der Waals surface area contributed by atoms with Crippen molar-refractivity contribution in [2.24, 2.45) is 11.7 Å². The van der Waals surface area contributed by atoms with Gasteiger partial charge in [0, 0.05) is 18.8 Å². The molecule has 1 fully saturated rings. The predicted octanol–water partition coefficient (Wildman–Crippen LogP) is 0.811. The van der Waals surface area contributed by atoms with E-state index in [9.17, 15) is 4.79 Å². The zero-order valence-electron chi connectivity index (χ0n) is 14.0. The Bertz CT molecular complexity index is 945. The quantitative estimate of drug-likeness (QED) is 0.641. The summed E-state index contributed by atoms with van der Waals surface area (Å²) in [5.41, 5.74) is 8.05. The number of primary amides is 1. The van der Waals surface area contributed by atoms with Crippen molar-refractivity contribution in [1.82, 2.24) is 25.1 Å². The van der Waals surface area contributed by atoms with Crippen LogP contribution >= 0.6 is 0 Å². The lowest BCUT2D eigenvalue weighted by Crippen LogP contribution is -2.29. The molecule has 0 aliphatic carbocycles.